The SMILES string of the molecule is COc1ccc(-c2noc(COc3c(C)nc(C)nc3C)n2)cc1. The summed E-state index contributed by atoms with van der Waals surface area (Å²) in [6, 6.07) is 7.43. The van der Waals surface area contributed by atoms with Gasteiger partial charge in [-0.15, -0.1) is 0 Å². The van der Waals surface area contributed by atoms with Gasteiger partial charge in [-0.25, -0.2) is 9.97 Å². The molecule has 7 heteroatoms. The van der Waals surface area contributed by atoms with Crippen molar-refractivity contribution < 1.29 is 14.0 Å². The van der Waals surface area contributed by atoms with Crippen molar-refractivity contribution in [3.63, 3.8) is 0 Å². The molecule has 0 fully saturated rings. The minimum atomic E-state index is 0.164. The highest BCUT2D eigenvalue weighted by Gasteiger charge is 2.12. The second kappa shape index (κ2) is 6.66. The van der Waals surface area contributed by atoms with Gasteiger partial charge in [-0.1, -0.05) is 5.16 Å². The number of hydrogen-bond acceptors (Lipinski definition) is 7. The molecule has 0 N–H and O–H groups in total. The third kappa shape index (κ3) is 3.34. The zero-order chi connectivity index (χ0) is 17.1. The van der Waals surface area contributed by atoms with Crippen molar-refractivity contribution in [1.82, 2.24) is 20.1 Å². The predicted octanol–water partition coefficient (Wildman–Crippen LogP) is 3.04. The molecule has 0 aliphatic rings. The minimum Gasteiger partial charge on any atom is -0.497 e. The van der Waals surface area contributed by atoms with Crippen LogP contribution < -0.4 is 9.47 Å². The van der Waals surface area contributed by atoms with Crippen LogP contribution in [0.1, 0.15) is 23.1 Å². The summed E-state index contributed by atoms with van der Waals surface area (Å²) in [5.74, 6) is 3.03. The van der Waals surface area contributed by atoms with Gasteiger partial charge in [0.15, 0.2) is 12.4 Å². The number of rotatable bonds is 5. The van der Waals surface area contributed by atoms with Crippen LogP contribution in [0.5, 0.6) is 11.5 Å². The van der Waals surface area contributed by atoms with E-state index in [9.17, 15) is 0 Å². The van der Waals surface area contributed by atoms with Crippen molar-refractivity contribution in [3.8, 4) is 22.9 Å². The van der Waals surface area contributed by atoms with Crippen LogP contribution in [0.15, 0.2) is 28.8 Å². The summed E-state index contributed by atoms with van der Waals surface area (Å²) in [4.78, 5) is 12.9. The molecule has 0 saturated carbocycles. The van der Waals surface area contributed by atoms with Gasteiger partial charge in [0.2, 0.25) is 5.82 Å². The highest BCUT2D eigenvalue weighted by atomic mass is 16.5. The van der Waals surface area contributed by atoms with Crippen LogP contribution >= 0.6 is 0 Å². The maximum Gasteiger partial charge on any atom is 0.264 e. The largest absolute Gasteiger partial charge is 0.497 e. The lowest BCUT2D eigenvalue weighted by Gasteiger charge is -2.09. The Morgan fingerprint density at radius 1 is 0.958 bits per heavy atom. The Bertz CT molecular complexity index is 820. The first-order valence-corrected chi connectivity index (χ1v) is 7.48. The molecule has 24 heavy (non-hydrogen) atoms. The predicted molar refractivity (Wildman–Crippen MR) is 86.9 cm³/mol. The van der Waals surface area contributed by atoms with E-state index in [1.807, 2.05) is 45.0 Å². The number of aromatic nitrogens is 4. The average Bonchev–Trinajstić information content (AvgIpc) is 3.03. The lowest BCUT2D eigenvalue weighted by Crippen LogP contribution is -2.04. The molecule has 0 radical (unpaired) electrons. The molecule has 0 saturated heterocycles. The zero-order valence-electron chi connectivity index (χ0n) is 14.0. The van der Waals surface area contributed by atoms with Crippen molar-refractivity contribution in [2.75, 3.05) is 7.11 Å². The van der Waals surface area contributed by atoms with Gasteiger partial charge in [0.05, 0.1) is 18.5 Å². The highest BCUT2D eigenvalue weighted by molar-refractivity contribution is 5.55. The monoisotopic (exact) mass is 326 g/mol. The Labute approximate surface area is 139 Å². The summed E-state index contributed by atoms with van der Waals surface area (Å²) < 4.78 is 16.1. The first-order chi connectivity index (χ1) is 11.6. The number of benzene rings is 1. The molecule has 2 heterocycles. The van der Waals surface area contributed by atoms with E-state index in [1.54, 1.807) is 7.11 Å². The highest BCUT2D eigenvalue weighted by Crippen LogP contribution is 2.22. The van der Waals surface area contributed by atoms with Gasteiger partial charge in [-0.05, 0) is 45.0 Å². The molecular formula is C17H18N4O3. The molecule has 3 aromatic rings. The molecule has 124 valence electrons. The lowest BCUT2D eigenvalue weighted by molar-refractivity contribution is 0.238. The number of hydrogen-bond donors (Lipinski definition) is 0. The van der Waals surface area contributed by atoms with E-state index in [2.05, 4.69) is 20.1 Å². The van der Waals surface area contributed by atoms with E-state index in [1.165, 1.54) is 0 Å². The lowest BCUT2D eigenvalue weighted by atomic mass is 10.2. The Kier molecular flexibility index (Phi) is 4.41. The Morgan fingerprint density at radius 3 is 2.25 bits per heavy atom. The fraction of sp³-hybridized carbons (Fsp3) is 0.294. The van der Waals surface area contributed by atoms with E-state index in [4.69, 9.17) is 14.0 Å². The van der Waals surface area contributed by atoms with Crippen LogP contribution in [-0.2, 0) is 6.61 Å². The summed E-state index contributed by atoms with van der Waals surface area (Å²) in [6.07, 6.45) is 0. The van der Waals surface area contributed by atoms with E-state index in [0.717, 1.165) is 28.5 Å². The molecule has 0 spiro atoms. The van der Waals surface area contributed by atoms with Crippen molar-refractivity contribution >= 4 is 0 Å². The quantitative estimate of drug-likeness (QED) is 0.712. The van der Waals surface area contributed by atoms with Gasteiger partial charge in [-0.2, -0.15) is 4.98 Å². The van der Waals surface area contributed by atoms with Crippen LogP contribution in [0, 0.1) is 20.8 Å². The first kappa shape index (κ1) is 15.9. The van der Waals surface area contributed by atoms with E-state index >= 15 is 0 Å². The van der Waals surface area contributed by atoms with Crippen molar-refractivity contribution in [3.05, 3.63) is 47.4 Å². The summed E-state index contributed by atoms with van der Waals surface area (Å²) in [5, 5.41) is 3.98. The maximum atomic E-state index is 5.75. The molecule has 0 bridgehead atoms. The molecule has 0 unspecified atom stereocenters. The topological polar surface area (TPSA) is 83.2 Å². The number of nitrogens with zero attached hydrogens (tertiary/aromatic N) is 4. The Morgan fingerprint density at radius 2 is 1.62 bits per heavy atom. The fourth-order valence-corrected chi connectivity index (χ4v) is 2.39. The molecule has 0 amide bonds. The molecule has 0 atom stereocenters. The van der Waals surface area contributed by atoms with Crippen LogP contribution in [-0.4, -0.2) is 27.2 Å². The van der Waals surface area contributed by atoms with Gasteiger partial charge in [0.25, 0.3) is 5.89 Å². The number of methoxy groups -OCH3 is 1. The number of aryl methyl sites for hydroxylation is 3. The third-order valence-electron chi connectivity index (χ3n) is 3.47. The van der Waals surface area contributed by atoms with Gasteiger partial charge in [-0.3, -0.25) is 0 Å². The molecule has 7 nitrogen and oxygen atoms in total. The zero-order valence-corrected chi connectivity index (χ0v) is 14.0. The van der Waals surface area contributed by atoms with E-state index in [0.29, 0.717) is 17.5 Å². The van der Waals surface area contributed by atoms with Gasteiger partial charge < -0.3 is 14.0 Å². The summed E-state index contributed by atoms with van der Waals surface area (Å²) in [5.41, 5.74) is 2.42. The summed E-state index contributed by atoms with van der Waals surface area (Å²) >= 11 is 0. The van der Waals surface area contributed by atoms with Crippen LogP contribution in [0.3, 0.4) is 0 Å². The Balaban J connectivity index is 1.72. The molecule has 3 rings (SSSR count). The van der Waals surface area contributed by atoms with Crippen molar-refractivity contribution in [1.29, 1.82) is 0 Å². The fourth-order valence-electron chi connectivity index (χ4n) is 2.39. The minimum absolute atomic E-state index is 0.164. The summed E-state index contributed by atoms with van der Waals surface area (Å²) in [7, 11) is 1.62. The second-order valence-electron chi connectivity index (χ2n) is 5.30. The average molecular weight is 326 g/mol. The van der Waals surface area contributed by atoms with Crippen LogP contribution in [0.4, 0.5) is 0 Å². The standard InChI is InChI=1S/C17H18N4O3/c1-10-16(11(2)19-12(3)18-10)23-9-15-20-17(21-24-15)13-5-7-14(22-4)8-6-13/h5-8H,9H2,1-4H3. The van der Waals surface area contributed by atoms with Gasteiger partial charge in [0, 0.05) is 5.56 Å². The molecule has 0 aliphatic heterocycles. The molecular weight excluding hydrogens is 308 g/mol. The Hall–Kier alpha value is -2.96. The van der Waals surface area contributed by atoms with E-state index < -0.39 is 0 Å². The molecule has 0 aliphatic carbocycles. The first-order valence-electron chi connectivity index (χ1n) is 7.48. The smallest absolute Gasteiger partial charge is 0.264 e. The molecule has 1 aromatic carbocycles. The van der Waals surface area contributed by atoms with Gasteiger partial charge in [0.1, 0.15) is 11.6 Å². The van der Waals surface area contributed by atoms with Crippen molar-refractivity contribution in [2.45, 2.75) is 27.4 Å². The van der Waals surface area contributed by atoms with E-state index in [-0.39, 0.29) is 6.61 Å². The van der Waals surface area contributed by atoms with Crippen LogP contribution in [0.2, 0.25) is 0 Å². The van der Waals surface area contributed by atoms with Gasteiger partial charge >= 0.3 is 0 Å². The molecule has 2 aromatic heterocycles. The normalized spacial score (nSPS) is 10.7. The summed E-state index contributed by atoms with van der Waals surface area (Å²) in [6.45, 7) is 5.78. The number of ether oxygens (including phenoxy) is 2. The maximum absolute atomic E-state index is 5.75. The van der Waals surface area contributed by atoms with Crippen molar-refractivity contribution in [2.24, 2.45) is 0 Å². The van der Waals surface area contributed by atoms with Crippen LogP contribution in [0.25, 0.3) is 11.4 Å². The third-order valence-corrected chi connectivity index (χ3v) is 3.47. The second-order valence-corrected chi connectivity index (χ2v) is 5.30.